The standard InChI is InChI=1S/C31H33F3N4O4/c1-17-7-10-26(38(17)30(41)42-31(2,3)4)29(40)37-25(14-18-12-20(32)16-21(33)13-18)27-22(6-5-11-36-27)19-8-9-24(34)23(15-19)28(35)39/h5-6,8-9,11-13,15-17,25-26H,7,10,14H2,1-4H3,(H2,35,39)(H,37,40)/t17-,25+,26-/m1/s1. The summed E-state index contributed by atoms with van der Waals surface area (Å²) in [5.74, 6) is -3.84. The van der Waals surface area contributed by atoms with Crippen LogP contribution in [0.2, 0.25) is 0 Å². The number of pyridine rings is 1. The maximum atomic E-state index is 14.3. The van der Waals surface area contributed by atoms with E-state index in [1.54, 1.807) is 32.9 Å². The lowest BCUT2D eigenvalue weighted by molar-refractivity contribution is -0.126. The zero-order valence-electron chi connectivity index (χ0n) is 23.8. The lowest BCUT2D eigenvalue weighted by Crippen LogP contribution is -2.50. The van der Waals surface area contributed by atoms with Crippen molar-refractivity contribution in [2.45, 2.75) is 70.7 Å². The van der Waals surface area contributed by atoms with E-state index in [0.717, 1.165) is 24.3 Å². The first-order valence-corrected chi connectivity index (χ1v) is 13.5. The van der Waals surface area contributed by atoms with Gasteiger partial charge in [0.1, 0.15) is 29.1 Å². The molecule has 1 aliphatic rings. The highest BCUT2D eigenvalue weighted by atomic mass is 19.1. The SMILES string of the molecule is C[C@@H]1CC[C@H](C(=O)N[C@@H](Cc2cc(F)cc(F)c2)c2ncccc2-c2ccc(F)c(C(N)=O)c2)N1C(=O)OC(C)(C)C. The third-order valence-electron chi connectivity index (χ3n) is 6.97. The van der Waals surface area contributed by atoms with E-state index in [9.17, 15) is 27.6 Å². The molecule has 11 heteroatoms. The minimum Gasteiger partial charge on any atom is -0.444 e. The molecule has 0 aliphatic carbocycles. The van der Waals surface area contributed by atoms with Crippen molar-refractivity contribution in [1.82, 2.24) is 15.2 Å². The van der Waals surface area contributed by atoms with Crippen LogP contribution in [0.15, 0.2) is 54.7 Å². The molecule has 3 atom stereocenters. The number of rotatable bonds is 7. The lowest BCUT2D eigenvalue weighted by atomic mass is 9.94. The van der Waals surface area contributed by atoms with Gasteiger partial charge < -0.3 is 15.8 Å². The molecule has 1 aliphatic heterocycles. The summed E-state index contributed by atoms with van der Waals surface area (Å²) in [4.78, 5) is 44.5. The van der Waals surface area contributed by atoms with E-state index >= 15 is 0 Å². The summed E-state index contributed by atoms with van der Waals surface area (Å²) in [5, 5.41) is 2.93. The number of hydrogen-bond acceptors (Lipinski definition) is 5. The molecular weight excluding hydrogens is 549 g/mol. The Morgan fingerprint density at radius 2 is 1.76 bits per heavy atom. The van der Waals surface area contributed by atoms with Gasteiger partial charge in [0.15, 0.2) is 0 Å². The highest BCUT2D eigenvalue weighted by Crippen LogP contribution is 2.32. The molecule has 1 saturated heterocycles. The van der Waals surface area contributed by atoms with Gasteiger partial charge in [0, 0.05) is 23.9 Å². The molecule has 0 radical (unpaired) electrons. The van der Waals surface area contributed by atoms with Crippen LogP contribution in [0, 0.1) is 17.5 Å². The number of halogens is 3. The molecule has 3 N–H and O–H groups in total. The normalized spacial score (nSPS) is 17.5. The minimum absolute atomic E-state index is 0.0665. The van der Waals surface area contributed by atoms with E-state index in [4.69, 9.17) is 10.5 Å². The number of amides is 3. The van der Waals surface area contributed by atoms with Crippen molar-refractivity contribution in [2.75, 3.05) is 0 Å². The highest BCUT2D eigenvalue weighted by molar-refractivity contribution is 5.94. The van der Waals surface area contributed by atoms with Gasteiger partial charge in [-0.05, 0) is 88.4 Å². The first-order valence-electron chi connectivity index (χ1n) is 13.5. The van der Waals surface area contributed by atoms with Gasteiger partial charge in [-0.15, -0.1) is 0 Å². The molecule has 4 rings (SSSR count). The number of benzene rings is 2. The van der Waals surface area contributed by atoms with Crippen LogP contribution in [0.5, 0.6) is 0 Å². The third-order valence-corrected chi connectivity index (χ3v) is 6.97. The second-order valence-corrected chi connectivity index (χ2v) is 11.4. The minimum atomic E-state index is -0.961. The van der Waals surface area contributed by atoms with Gasteiger partial charge in [0.2, 0.25) is 5.91 Å². The molecule has 2 aromatic carbocycles. The summed E-state index contributed by atoms with van der Waals surface area (Å²) in [6, 6.07) is 8.08. The average Bonchev–Trinajstić information content (AvgIpc) is 3.28. The number of primary amides is 1. The second kappa shape index (κ2) is 12.2. The Morgan fingerprint density at radius 1 is 1.07 bits per heavy atom. The molecule has 8 nitrogen and oxygen atoms in total. The Labute approximate surface area is 242 Å². The fourth-order valence-electron chi connectivity index (χ4n) is 5.13. The van der Waals surface area contributed by atoms with Crippen LogP contribution < -0.4 is 11.1 Å². The lowest BCUT2D eigenvalue weighted by Gasteiger charge is -2.31. The second-order valence-electron chi connectivity index (χ2n) is 11.4. The quantitative estimate of drug-likeness (QED) is 0.384. The molecule has 0 bridgehead atoms. The van der Waals surface area contributed by atoms with Gasteiger partial charge in [0.25, 0.3) is 5.91 Å². The molecule has 3 aromatic rings. The fourth-order valence-corrected chi connectivity index (χ4v) is 5.13. The summed E-state index contributed by atoms with van der Waals surface area (Å²) in [6.45, 7) is 7.02. The van der Waals surface area contributed by atoms with E-state index < -0.39 is 53.0 Å². The number of aromatic nitrogens is 1. The van der Waals surface area contributed by atoms with Crippen LogP contribution in [0.25, 0.3) is 11.1 Å². The Balaban J connectivity index is 1.74. The first-order chi connectivity index (χ1) is 19.7. The van der Waals surface area contributed by atoms with Crippen LogP contribution in [-0.2, 0) is 16.0 Å². The summed E-state index contributed by atoms with van der Waals surface area (Å²) < 4.78 is 48.1. The smallest absolute Gasteiger partial charge is 0.411 e. The van der Waals surface area contributed by atoms with Crippen molar-refractivity contribution < 1.29 is 32.3 Å². The highest BCUT2D eigenvalue weighted by Gasteiger charge is 2.41. The molecule has 0 unspecified atom stereocenters. The predicted octanol–water partition coefficient (Wildman–Crippen LogP) is 5.45. The Kier molecular flexibility index (Phi) is 8.89. The maximum Gasteiger partial charge on any atom is 0.411 e. The van der Waals surface area contributed by atoms with Crippen molar-refractivity contribution in [2.24, 2.45) is 5.73 Å². The summed E-state index contributed by atoms with van der Waals surface area (Å²) in [6.07, 6.45) is 1.73. The monoisotopic (exact) mass is 582 g/mol. The van der Waals surface area contributed by atoms with Crippen LogP contribution in [0.1, 0.15) is 68.2 Å². The molecular formula is C31H33F3N4O4. The van der Waals surface area contributed by atoms with Crippen LogP contribution in [0.3, 0.4) is 0 Å². The Bertz CT molecular complexity index is 1490. The summed E-state index contributed by atoms with van der Waals surface area (Å²) in [7, 11) is 0. The fraction of sp³-hybridized carbons (Fsp3) is 0.355. The van der Waals surface area contributed by atoms with E-state index in [1.807, 2.05) is 6.92 Å². The molecule has 1 fully saturated rings. The molecule has 222 valence electrons. The summed E-state index contributed by atoms with van der Waals surface area (Å²) in [5.41, 5.74) is 5.62. The number of nitrogens with zero attached hydrogens (tertiary/aromatic N) is 2. The van der Waals surface area contributed by atoms with E-state index in [1.165, 1.54) is 23.2 Å². The molecule has 42 heavy (non-hydrogen) atoms. The van der Waals surface area contributed by atoms with Crippen molar-refractivity contribution in [3.8, 4) is 11.1 Å². The van der Waals surface area contributed by atoms with Gasteiger partial charge in [0.05, 0.1) is 17.3 Å². The molecule has 2 heterocycles. The number of nitrogens with two attached hydrogens (primary N) is 1. The average molecular weight is 583 g/mol. The Morgan fingerprint density at radius 3 is 2.40 bits per heavy atom. The van der Waals surface area contributed by atoms with E-state index in [-0.39, 0.29) is 23.6 Å². The van der Waals surface area contributed by atoms with Crippen LogP contribution in [-0.4, -0.2) is 45.5 Å². The topological polar surface area (TPSA) is 115 Å². The van der Waals surface area contributed by atoms with Crippen molar-refractivity contribution >= 4 is 17.9 Å². The van der Waals surface area contributed by atoms with Crippen molar-refractivity contribution in [3.63, 3.8) is 0 Å². The number of hydrogen-bond donors (Lipinski definition) is 2. The van der Waals surface area contributed by atoms with Crippen LogP contribution in [0.4, 0.5) is 18.0 Å². The number of carbonyl (C=O) groups excluding carboxylic acids is 3. The molecule has 0 spiro atoms. The van der Waals surface area contributed by atoms with Gasteiger partial charge in [-0.3, -0.25) is 19.5 Å². The molecule has 1 aromatic heterocycles. The van der Waals surface area contributed by atoms with Gasteiger partial charge >= 0.3 is 6.09 Å². The zero-order valence-corrected chi connectivity index (χ0v) is 23.8. The number of ether oxygens (including phenoxy) is 1. The predicted molar refractivity (Wildman–Crippen MR) is 150 cm³/mol. The summed E-state index contributed by atoms with van der Waals surface area (Å²) >= 11 is 0. The van der Waals surface area contributed by atoms with Gasteiger partial charge in [-0.1, -0.05) is 12.1 Å². The molecule has 0 saturated carbocycles. The zero-order chi connectivity index (χ0) is 30.8. The first kappa shape index (κ1) is 30.5. The number of nitrogens with one attached hydrogen (secondary N) is 1. The van der Waals surface area contributed by atoms with Gasteiger partial charge in [-0.25, -0.2) is 18.0 Å². The number of likely N-dealkylation sites (tertiary alicyclic amines) is 1. The van der Waals surface area contributed by atoms with Crippen LogP contribution >= 0.6 is 0 Å². The number of carbonyl (C=O) groups is 3. The largest absolute Gasteiger partial charge is 0.444 e. The molecule has 3 amide bonds. The van der Waals surface area contributed by atoms with Gasteiger partial charge in [-0.2, -0.15) is 0 Å². The van der Waals surface area contributed by atoms with Crippen molar-refractivity contribution in [3.05, 3.63) is 89.0 Å². The maximum absolute atomic E-state index is 14.3. The van der Waals surface area contributed by atoms with E-state index in [0.29, 0.717) is 29.7 Å². The van der Waals surface area contributed by atoms with E-state index in [2.05, 4.69) is 10.3 Å². The van der Waals surface area contributed by atoms with Crippen molar-refractivity contribution in [1.29, 1.82) is 0 Å². The Hall–Kier alpha value is -4.41. The third kappa shape index (κ3) is 7.07.